The molecule has 2 aromatic rings. The van der Waals surface area contributed by atoms with Crippen molar-refractivity contribution in [3.8, 4) is 0 Å². The van der Waals surface area contributed by atoms with Gasteiger partial charge in [-0.25, -0.2) is 0 Å². The predicted octanol–water partition coefficient (Wildman–Crippen LogP) is 0.873. The number of carboxylic acid groups (broad SMARTS) is 1. The van der Waals surface area contributed by atoms with Crippen LogP contribution in [0.15, 0.2) is 60.7 Å². The van der Waals surface area contributed by atoms with Crippen LogP contribution in [0.2, 0.25) is 0 Å². The van der Waals surface area contributed by atoms with Crippen molar-refractivity contribution < 1.29 is 19.5 Å². The Morgan fingerprint density at radius 2 is 1.36 bits per heavy atom. The Morgan fingerprint density at radius 1 is 0.857 bits per heavy atom. The molecule has 7 heteroatoms. The first-order chi connectivity index (χ1) is 13.4. The van der Waals surface area contributed by atoms with Gasteiger partial charge >= 0.3 is 5.97 Å². The molecule has 0 aliphatic carbocycles. The molecule has 0 fully saturated rings. The maximum absolute atomic E-state index is 12.5. The Hall–Kier alpha value is -3.19. The van der Waals surface area contributed by atoms with Crippen LogP contribution < -0.4 is 16.4 Å². The quantitative estimate of drug-likeness (QED) is 0.512. The molecule has 148 valence electrons. The van der Waals surface area contributed by atoms with Crippen LogP contribution in [-0.4, -0.2) is 41.0 Å². The summed E-state index contributed by atoms with van der Waals surface area (Å²) in [6.07, 6.45) is 0.556. The number of aliphatic carboxylic acids is 1. The molecule has 0 bridgehead atoms. The zero-order valence-corrected chi connectivity index (χ0v) is 15.7. The molecule has 2 aromatic carbocycles. The van der Waals surface area contributed by atoms with Crippen molar-refractivity contribution in [1.29, 1.82) is 0 Å². The summed E-state index contributed by atoms with van der Waals surface area (Å²) in [6.45, 7) is 1.36. The molecule has 0 saturated heterocycles. The van der Waals surface area contributed by atoms with E-state index in [9.17, 15) is 14.4 Å². The molecule has 0 heterocycles. The van der Waals surface area contributed by atoms with Gasteiger partial charge in [0.05, 0.1) is 6.04 Å². The van der Waals surface area contributed by atoms with Crippen LogP contribution in [0.4, 0.5) is 0 Å². The lowest BCUT2D eigenvalue weighted by molar-refractivity contribution is -0.141. The van der Waals surface area contributed by atoms with E-state index in [4.69, 9.17) is 10.8 Å². The molecule has 0 unspecified atom stereocenters. The molecular weight excluding hydrogens is 358 g/mol. The molecule has 2 rings (SSSR count). The molecule has 0 aromatic heterocycles. The molecule has 7 nitrogen and oxygen atoms in total. The van der Waals surface area contributed by atoms with E-state index < -0.39 is 35.9 Å². The number of nitrogens with one attached hydrogen (secondary N) is 2. The van der Waals surface area contributed by atoms with E-state index in [0.29, 0.717) is 6.42 Å². The van der Waals surface area contributed by atoms with Gasteiger partial charge in [-0.1, -0.05) is 60.7 Å². The summed E-state index contributed by atoms with van der Waals surface area (Å²) >= 11 is 0. The Labute approximate surface area is 163 Å². The van der Waals surface area contributed by atoms with E-state index in [1.807, 2.05) is 60.7 Å². The summed E-state index contributed by atoms with van der Waals surface area (Å²) in [6, 6.07) is 15.7. The topological polar surface area (TPSA) is 122 Å². The monoisotopic (exact) mass is 383 g/mol. The van der Waals surface area contributed by atoms with Gasteiger partial charge in [0.15, 0.2) is 0 Å². The minimum Gasteiger partial charge on any atom is -0.480 e. The summed E-state index contributed by atoms with van der Waals surface area (Å²) < 4.78 is 0. The second-order valence-corrected chi connectivity index (χ2v) is 6.62. The van der Waals surface area contributed by atoms with E-state index >= 15 is 0 Å². The molecule has 0 radical (unpaired) electrons. The normalized spacial score (nSPS) is 13.8. The van der Waals surface area contributed by atoms with Crippen molar-refractivity contribution >= 4 is 17.8 Å². The number of carbonyl (C=O) groups excluding carboxylic acids is 2. The van der Waals surface area contributed by atoms with Crippen LogP contribution >= 0.6 is 0 Å². The van der Waals surface area contributed by atoms with E-state index in [2.05, 4.69) is 10.6 Å². The van der Waals surface area contributed by atoms with E-state index in [0.717, 1.165) is 11.1 Å². The number of rotatable bonds is 9. The summed E-state index contributed by atoms with van der Waals surface area (Å²) in [7, 11) is 0. The zero-order chi connectivity index (χ0) is 20.5. The van der Waals surface area contributed by atoms with Gasteiger partial charge in [-0.15, -0.1) is 0 Å². The number of carbonyl (C=O) groups is 3. The number of hydrogen-bond acceptors (Lipinski definition) is 4. The fourth-order valence-corrected chi connectivity index (χ4v) is 2.67. The van der Waals surface area contributed by atoms with Gasteiger partial charge in [0, 0.05) is 6.42 Å². The lowest BCUT2D eigenvalue weighted by atomic mass is 10.0. The molecule has 0 saturated carbocycles. The maximum Gasteiger partial charge on any atom is 0.325 e. The first-order valence-electron chi connectivity index (χ1n) is 9.04. The van der Waals surface area contributed by atoms with Crippen LogP contribution in [0, 0.1) is 0 Å². The SMILES string of the molecule is C[C@H](NC(=O)[C@H](Cc1ccccc1)NC(=O)[C@@H](N)Cc1ccccc1)C(=O)O. The van der Waals surface area contributed by atoms with Crippen molar-refractivity contribution in [1.82, 2.24) is 10.6 Å². The van der Waals surface area contributed by atoms with Gasteiger partial charge in [0.1, 0.15) is 12.1 Å². The third-order valence-corrected chi connectivity index (χ3v) is 4.28. The fourth-order valence-electron chi connectivity index (χ4n) is 2.67. The van der Waals surface area contributed by atoms with Crippen LogP contribution in [0.5, 0.6) is 0 Å². The highest BCUT2D eigenvalue weighted by molar-refractivity contribution is 5.91. The van der Waals surface area contributed by atoms with E-state index in [1.54, 1.807) is 0 Å². The van der Waals surface area contributed by atoms with Crippen LogP contribution in [0.1, 0.15) is 18.1 Å². The largest absolute Gasteiger partial charge is 0.480 e. The first kappa shape index (κ1) is 21.1. The standard InChI is InChI=1S/C21H25N3O4/c1-14(21(27)28)23-20(26)18(13-16-10-6-3-7-11-16)24-19(25)17(22)12-15-8-4-2-5-9-15/h2-11,14,17-18H,12-13,22H2,1H3,(H,23,26)(H,24,25)(H,27,28)/t14-,17-,18-/m0/s1. The van der Waals surface area contributed by atoms with E-state index in [1.165, 1.54) is 6.92 Å². The molecule has 0 spiro atoms. The molecule has 0 aliphatic rings. The summed E-state index contributed by atoms with van der Waals surface area (Å²) in [5.41, 5.74) is 7.75. The summed E-state index contributed by atoms with van der Waals surface area (Å²) in [5.74, 6) is -2.19. The van der Waals surface area contributed by atoms with Gasteiger partial charge in [-0.2, -0.15) is 0 Å². The smallest absolute Gasteiger partial charge is 0.325 e. The molecule has 28 heavy (non-hydrogen) atoms. The molecule has 5 N–H and O–H groups in total. The van der Waals surface area contributed by atoms with Crippen molar-refractivity contribution in [3.63, 3.8) is 0 Å². The van der Waals surface area contributed by atoms with Crippen LogP contribution in [0.3, 0.4) is 0 Å². The first-order valence-corrected chi connectivity index (χ1v) is 9.04. The second kappa shape index (κ2) is 10.2. The molecule has 0 aliphatic heterocycles. The number of amides is 2. The number of carboxylic acids is 1. The average Bonchev–Trinajstić information content (AvgIpc) is 2.68. The van der Waals surface area contributed by atoms with Crippen LogP contribution in [0.25, 0.3) is 0 Å². The zero-order valence-electron chi connectivity index (χ0n) is 15.7. The molecule has 2 amide bonds. The van der Waals surface area contributed by atoms with Crippen molar-refractivity contribution in [3.05, 3.63) is 71.8 Å². The maximum atomic E-state index is 12.5. The van der Waals surface area contributed by atoms with Gasteiger partial charge in [0.2, 0.25) is 11.8 Å². The average molecular weight is 383 g/mol. The number of hydrogen-bond donors (Lipinski definition) is 4. The van der Waals surface area contributed by atoms with Crippen molar-refractivity contribution in [2.45, 2.75) is 37.9 Å². The van der Waals surface area contributed by atoms with Crippen LogP contribution in [-0.2, 0) is 27.2 Å². The minimum absolute atomic E-state index is 0.225. The predicted molar refractivity (Wildman–Crippen MR) is 105 cm³/mol. The fraction of sp³-hybridized carbons (Fsp3) is 0.286. The van der Waals surface area contributed by atoms with Crippen molar-refractivity contribution in [2.24, 2.45) is 5.73 Å². The molecular formula is C21H25N3O4. The third kappa shape index (κ3) is 6.51. The Kier molecular flexibility index (Phi) is 7.71. The third-order valence-electron chi connectivity index (χ3n) is 4.28. The highest BCUT2D eigenvalue weighted by Gasteiger charge is 2.26. The highest BCUT2D eigenvalue weighted by atomic mass is 16.4. The second-order valence-electron chi connectivity index (χ2n) is 6.62. The van der Waals surface area contributed by atoms with Gasteiger partial charge in [0.25, 0.3) is 0 Å². The Balaban J connectivity index is 2.07. The summed E-state index contributed by atoms with van der Waals surface area (Å²) in [4.78, 5) is 36.1. The number of nitrogens with two attached hydrogens (primary N) is 1. The Bertz CT molecular complexity index is 796. The Morgan fingerprint density at radius 3 is 1.86 bits per heavy atom. The highest BCUT2D eigenvalue weighted by Crippen LogP contribution is 2.06. The van der Waals surface area contributed by atoms with Gasteiger partial charge in [-0.05, 0) is 24.5 Å². The van der Waals surface area contributed by atoms with E-state index in [-0.39, 0.29) is 6.42 Å². The van der Waals surface area contributed by atoms with Crippen molar-refractivity contribution in [2.75, 3.05) is 0 Å². The lowest BCUT2D eigenvalue weighted by Gasteiger charge is -2.22. The number of benzene rings is 2. The summed E-state index contributed by atoms with van der Waals surface area (Å²) in [5, 5.41) is 14.1. The van der Waals surface area contributed by atoms with Gasteiger partial charge < -0.3 is 21.5 Å². The molecule has 3 atom stereocenters. The minimum atomic E-state index is -1.15. The van der Waals surface area contributed by atoms with Gasteiger partial charge in [-0.3, -0.25) is 14.4 Å². The lowest BCUT2D eigenvalue weighted by Crippen LogP contribution is -2.55.